The zero-order chi connectivity index (χ0) is 34.4. The van der Waals surface area contributed by atoms with Crippen LogP contribution >= 0.6 is 0 Å². The maximum atomic E-state index is 5.43. The summed E-state index contributed by atoms with van der Waals surface area (Å²) >= 11 is 0. The van der Waals surface area contributed by atoms with Crippen molar-refractivity contribution < 1.29 is 0 Å². The molecule has 2 N–H and O–H groups in total. The van der Waals surface area contributed by atoms with Crippen LogP contribution in [0.4, 0.5) is 0 Å². The van der Waals surface area contributed by atoms with Gasteiger partial charge in [0.15, 0.2) is 0 Å². The van der Waals surface area contributed by atoms with Crippen molar-refractivity contribution in [2.45, 2.75) is 0 Å². The number of H-pyrrole nitrogens is 2. The van der Waals surface area contributed by atoms with Crippen LogP contribution < -0.4 is 10.4 Å². The molecule has 0 spiro atoms. The number of rotatable bonds is 4. The highest BCUT2D eigenvalue weighted by Crippen LogP contribution is 2.37. The van der Waals surface area contributed by atoms with Crippen LogP contribution in [0.2, 0.25) is 0 Å². The van der Waals surface area contributed by atoms with Crippen molar-refractivity contribution in [3.63, 3.8) is 0 Å². The summed E-state index contributed by atoms with van der Waals surface area (Å²) in [5.74, 6) is 0. The van der Waals surface area contributed by atoms with E-state index >= 15 is 0 Å². The Morgan fingerprint density at radius 3 is 1.04 bits per heavy atom. The van der Waals surface area contributed by atoms with Gasteiger partial charge in [0.1, 0.15) is 0 Å². The molecule has 242 valence electrons. The molecule has 8 bridgehead atoms. The number of aromatic nitrogens is 4. The molecule has 0 saturated heterocycles. The Kier molecular flexibility index (Phi) is 7.01. The van der Waals surface area contributed by atoms with E-state index in [1.807, 2.05) is 36.4 Å². The predicted octanol–water partition coefficient (Wildman–Crippen LogP) is 10.2. The van der Waals surface area contributed by atoms with Gasteiger partial charge in [0, 0.05) is 33.3 Å². The van der Waals surface area contributed by atoms with Gasteiger partial charge in [-0.05, 0) is 70.8 Å². The average molecular weight is 663 g/mol. The van der Waals surface area contributed by atoms with Crippen molar-refractivity contribution in [1.82, 2.24) is 19.9 Å². The number of nitrogens with one attached hydrogen (secondary N) is 2. The molecule has 5 heterocycles. The maximum Gasteiger partial charge on any atom is 0.0737 e. The second-order valence-corrected chi connectivity index (χ2v) is 12.9. The van der Waals surface area contributed by atoms with Gasteiger partial charge in [-0.3, -0.25) is 0 Å². The van der Waals surface area contributed by atoms with Crippen molar-refractivity contribution in [1.29, 1.82) is 0 Å². The maximum absolute atomic E-state index is 5.43. The lowest BCUT2D eigenvalue weighted by molar-refractivity contribution is 1.31. The summed E-state index contributed by atoms with van der Waals surface area (Å²) in [7, 11) is 0. The van der Waals surface area contributed by atoms with Gasteiger partial charge in [0.25, 0.3) is 0 Å². The minimum atomic E-state index is 0.868. The SMILES string of the molecule is C1=CC=C=c2c=1c1[nH]c2c(-c2ccccc2)c2nc(c(-c3ccccc3)c3ccc([nH]3)c(-c3ccccc3)c3nc(c1-c1ccccc1)C=C3)C=C2. The van der Waals surface area contributed by atoms with E-state index in [4.69, 9.17) is 9.97 Å². The van der Waals surface area contributed by atoms with E-state index in [-0.39, 0.29) is 0 Å². The second kappa shape index (κ2) is 12.3. The minimum absolute atomic E-state index is 0.868. The predicted molar refractivity (Wildman–Crippen MR) is 216 cm³/mol. The van der Waals surface area contributed by atoms with Crippen molar-refractivity contribution in [2.24, 2.45) is 0 Å². The van der Waals surface area contributed by atoms with Gasteiger partial charge in [-0.2, -0.15) is 0 Å². The molecule has 3 aliphatic rings. The quantitative estimate of drug-likeness (QED) is 0.197. The Morgan fingerprint density at radius 2 is 0.673 bits per heavy atom. The van der Waals surface area contributed by atoms with Gasteiger partial charge < -0.3 is 9.97 Å². The lowest BCUT2D eigenvalue weighted by atomic mass is 10.0. The fourth-order valence-corrected chi connectivity index (χ4v) is 7.52. The molecular weight excluding hydrogens is 633 g/mol. The summed E-state index contributed by atoms with van der Waals surface area (Å²) in [6, 6.07) is 46.3. The van der Waals surface area contributed by atoms with E-state index in [0.29, 0.717) is 0 Å². The molecule has 1 aliphatic carbocycles. The monoisotopic (exact) mass is 662 g/mol. The third-order valence-electron chi connectivity index (χ3n) is 9.82. The van der Waals surface area contributed by atoms with Crippen molar-refractivity contribution in [3.8, 4) is 44.5 Å². The lowest BCUT2D eigenvalue weighted by Gasteiger charge is -2.06. The molecular formula is C48H30N4. The van der Waals surface area contributed by atoms with Gasteiger partial charge in [0.2, 0.25) is 0 Å². The highest BCUT2D eigenvalue weighted by Gasteiger charge is 2.20. The van der Waals surface area contributed by atoms with Crippen molar-refractivity contribution >= 4 is 57.8 Å². The van der Waals surface area contributed by atoms with Crippen molar-refractivity contribution in [3.05, 3.63) is 179 Å². The lowest BCUT2D eigenvalue weighted by Crippen LogP contribution is -2.20. The Balaban J connectivity index is 1.48. The molecule has 4 heteroatoms. The molecule has 2 aliphatic heterocycles. The first kappa shape index (κ1) is 29.7. The number of hydrogen-bond donors (Lipinski definition) is 2. The first-order valence-corrected chi connectivity index (χ1v) is 17.4. The van der Waals surface area contributed by atoms with E-state index in [9.17, 15) is 0 Å². The molecule has 7 aromatic rings. The Morgan fingerprint density at radius 1 is 0.346 bits per heavy atom. The first-order valence-electron chi connectivity index (χ1n) is 17.4. The molecule has 4 aromatic carbocycles. The Bertz CT molecular complexity index is 2790. The smallest absolute Gasteiger partial charge is 0.0737 e. The van der Waals surface area contributed by atoms with Gasteiger partial charge in [-0.25, -0.2) is 9.97 Å². The number of aromatic amines is 2. The summed E-state index contributed by atoms with van der Waals surface area (Å²) in [5, 5.41) is 1.89. The number of benzene rings is 4. The first-order chi connectivity index (χ1) is 25.8. The number of hydrogen-bond acceptors (Lipinski definition) is 2. The fourth-order valence-electron chi connectivity index (χ4n) is 7.52. The molecule has 0 unspecified atom stereocenters. The average Bonchev–Trinajstić information content (AvgIpc) is 4.04. The molecule has 0 radical (unpaired) electrons. The molecule has 10 rings (SSSR count). The summed E-state index contributed by atoms with van der Waals surface area (Å²) in [6.45, 7) is 0. The van der Waals surface area contributed by atoms with E-state index < -0.39 is 0 Å². The Hall–Kier alpha value is -7.22. The summed E-state index contributed by atoms with van der Waals surface area (Å²) in [6.07, 6.45) is 12.4. The standard InChI is InChI=1S/C48H30N4/c1-5-15-31(16-6-1)43-37-25-26-38(49-37)44(32-17-7-2-8-18-32)40-28-30-42(51-40)46(34-21-11-4-12-22-34)48-36-24-14-13-23-35(36)47(52-48)45(33-19-9-3-10-20-33)41-29-27-39(43)50-41/h1-22,25-30,49,52H. The fraction of sp³-hybridized carbons (Fsp3) is 0. The van der Waals surface area contributed by atoms with Gasteiger partial charge in [-0.1, -0.05) is 121 Å². The van der Waals surface area contributed by atoms with Crippen molar-refractivity contribution in [2.75, 3.05) is 0 Å². The molecule has 0 fully saturated rings. The zero-order valence-corrected chi connectivity index (χ0v) is 28.1. The van der Waals surface area contributed by atoms with E-state index in [1.165, 1.54) is 0 Å². The van der Waals surface area contributed by atoms with E-state index in [1.54, 1.807) is 0 Å². The molecule has 3 aromatic heterocycles. The van der Waals surface area contributed by atoms with Crippen LogP contribution in [0.5, 0.6) is 0 Å². The van der Waals surface area contributed by atoms with Crippen LogP contribution in [-0.2, 0) is 0 Å². The third kappa shape index (κ3) is 4.95. The Labute approximate surface area is 300 Å². The van der Waals surface area contributed by atoms with Crippen LogP contribution in [0.25, 0.3) is 102 Å². The topological polar surface area (TPSA) is 57.4 Å². The van der Waals surface area contributed by atoms with E-state index in [2.05, 4.69) is 155 Å². The summed E-state index contributed by atoms with van der Waals surface area (Å²) in [4.78, 5) is 18.6. The van der Waals surface area contributed by atoms with Crippen LogP contribution in [0.1, 0.15) is 22.8 Å². The number of nitrogens with zero attached hydrogens (tertiary/aromatic N) is 2. The number of allylic oxidation sites excluding steroid dienone is 2. The summed E-state index contributed by atoms with van der Waals surface area (Å²) < 4.78 is 0. The molecule has 4 nitrogen and oxygen atoms in total. The minimum Gasteiger partial charge on any atom is -0.354 e. The van der Waals surface area contributed by atoms with Crippen LogP contribution in [0.15, 0.2) is 146 Å². The second-order valence-electron chi connectivity index (χ2n) is 12.9. The van der Waals surface area contributed by atoms with Gasteiger partial charge in [0.05, 0.1) is 44.2 Å². The number of fused-ring (bicyclic) bond motifs is 11. The third-order valence-corrected chi connectivity index (χ3v) is 9.82. The normalized spacial score (nSPS) is 12.4. The van der Waals surface area contributed by atoms with Gasteiger partial charge in [-0.15, -0.1) is 11.5 Å². The van der Waals surface area contributed by atoms with E-state index in [0.717, 1.165) is 99.8 Å². The highest BCUT2D eigenvalue weighted by molar-refractivity contribution is 6.00. The molecule has 52 heavy (non-hydrogen) atoms. The van der Waals surface area contributed by atoms with Gasteiger partial charge >= 0.3 is 0 Å². The van der Waals surface area contributed by atoms with Crippen LogP contribution in [0, 0.1) is 0 Å². The highest BCUT2D eigenvalue weighted by atomic mass is 14.8. The zero-order valence-electron chi connectivity index (χ0n) is 28.1. The largest absolute Gasteiger partial charge is 0.354 e. The summed E-state index contributed by atoms with van der Waals surface area (Å²) in [5.41, 5.74) is 22.8. The van der Waals surface area contributed by atoms with Crippen LogP contribution in [-0.4, -0.2) is 19.9 Å². The molecule has 0 saturated carbocycles. The molecule has 0 amide bonds. The van der Waals surface area contributed by atoms with Crippen LogP contribution in [0.3, 0.4) is 0 Å². The molecule has 0 atom stereocenters.